The molecule has 3 amide bonds. The van der Waals surface area contributed by atoms with Crippen molar-refractivity contribution in [3.05, 3.63) is 29.3 Å². The first-order valence-corrected chi connectivity index (χ1v) is 8.53. The fraction of sp³-hybridized carbons (Fsp3) is 0.467. The fourth-order valence-corrected chi connectivity index (χ4v) is 2.95. The minimum atomic E-state index is -0.794. The van der Waals surface area contributed by atoms with Gasteiger partial charge in [0, 0.05) is 23.1 Å². The van der Waals surface area contributed by atoms with E-state index in [2.05, 4.69) is 5.32 Å². The molecule has 2 rings (SSSR count). The number of imide groups is 1. The average molecular weight is 343 g/mol. The van der Waals surface area contributed by atoms with Gasteiger partial charge in [0.25, 0.3) is 5.91 Å². The fourth-order valence-electron chi connectivity index (χ4n) is 2.05. The van der Waals surface area contributed by atoms with Crippen LogP contribution in [0, 0.1) is 0 Å². The monoisotopic (exact) mass is 342 g/mol. The molecule has 0 atom stereocenters. The lowest BCUT2D eigenvalue weighted by atomic mass is 10.1. The Morgan fingerprint density at radius 1 is 1.32 bits per heavy atom. The predicted molar refractivity (Wildman–Crippen MR) is 88.6 cm³/mol. The van der Waals surface area contributed by atoms with Crippen molar-refractivity contribution < 1.29 is 14.3 Å². The van der Waals surface area contributed by atoms with Crippen molar-refractivity contribution in [1.29, 1.82) is 0 Å². The zero-order chi connectivity index (χ0) is 16.2. The van der Waals surface area contributed by atoms with Gasteiger partial charge in [-0.2, -0.15) is 11.8 Å². The first kappa shape index (κ1) is 17.0. The second-order valence-corrected chi connectivity index (χ2v) is 7.09. The number of ether oxygens (including phenoxy) is 1. The summed E-state index contributed by atoms with van der Waals surface area (Å²) in [6.45, 7) is 4.38. The van der Waals surface area contributed by atoms with E-state index in [-0.39, 0.29) is 11.9 Å². The van der Waals surface area contributed by atoms with E-state index in [0.717, 1.165) is 11.5 Å². The number of carbonyl (C=O) groups is 2. The molecule has 0 saturated carbocycles. The lowest BCUT2D eigenvalue weighted by Gasteiger charge is -2.15. The SMILES string of the molecule is CC1(C)NC(=O)N(CCSCCOc2cccc(Cl)c2)C1=O. The van der Waals surface area contributed by atoms with E-state index >= 15 is 0 Å². The molecule has 5 nitrogen and oxygen atoms in total. The molecular formula is C15H19ClN2O3S. The quantitative estimate of drug-likeness (QED) is 0.611. The molecule has 0 aliphatic carbocycles. The third-order valence-electron chi connectivity index (χ3n) is 3.20. The topological polar surface area (TPSA) is 58.6 Å². The molecular weight excluding hydrogens is 324 g/mol. The lowest BCUT2D eigenvalue weighted by Crippen LogP contribution is -2.40. The van der Waals surface area contributed by atoms with Gasteiger partial charge in [0.05, 0.1) is 6.61 Å². The molecule has 0 spiro atoms. The number of hydrogen-bond donors (Lipinski definition) is 1. The number of amides is 3. The number of urea groups is 1. The molecule has 1 aromatic rings. The van der Waals surface area contributed by atoms with E-state index in [1.807, 2.05) is 12.1 Å². The minimum absolute atomic E-state index is 0.173. The predicted octanol–water partition coefficient (Wildman–Crippen LogP) is 2.78. The number of nitrogens with zero attached hydrogens (tertiary/aromatic N) is 1. The number of carbonyl (C=O) groups excluding carboxylic acids is 2. The van der Waals surface area contributed by atoms with Crippen LogP contribution in [-0.2, 0) is 4.79 Å². The van der Waals surface area contributed by atoms with Crippen LogP contribution in [0.15, 0.2) is 24.3 Å². The Hall–Kier alpha value is -1.40. The number of halogens is 1. The Balaban J connectivity index is 1.64. The van der Waals surface area contributed by atoms with Crippen molar-refractivity contribution in [1.82, 2.24) is 10.2 Å². The summed E-state index contributed by atoms with van der Waals surface area (Å²) >= 11 is 7.51. The smallest absolute Gasteiger partial charge is 0.325 e. The Morgan fingerprint density at radius 2 is 2.09 bits per heavy atom. The summed E-state index contributed by atoms with van der Waals surface area (Å²) in [7, 11) is 0. The summed E-state index contributed by atoms with van der Waals surface area (Å²) in [5, 5.41) is 3.31. The van der Waals surface area contributed by atoms with Crippen LogP contribution in [0.1, 0.15) is 13.8 Å². The van der Waals surface area contributed by atoms with Crippen LogP contribution in [0.2, 0.25) is 5.02 Å². The van der Waals surface area contributed by atoms with E-state index in [9.17, 15) is 9.59 Å². The van der Waals surface area contributed by atoms with Crippen LogP contribution in [0.3, 0.4) is 0 Å². The highest BCUT2D eigenvalue weighted by Gasteiger charge is 2.43. The van der Waals surface area contributed by atoms with E-state index in [4.69, 9.17) is 16.3 Å². The summed E-state index contributed by atoms with van der Waals surface area (Å²) in [6.07, 6.45) is 0. The summed E-state index contributed by atoms with van der Waals surface area (Å²) in [6, 6.07) is 6.94. The Kier molecular flexibility index (Phi) is 5.58. The summed E-state index contributed by atoms with van der Waals surface area (Å²) in [4.78, 5) is 24.9. The zero-order valence-electron chi connectivity index (χ0n) is 12.6. The van der Waals surface area contributed by atoms with Crippen LogP contribution in [0.4, 0.5) is 4.79 Å². The first-order chi connectivity index (χ1) is 10.4. The van der Waals surface area contributed by atoms with E-state index < -0.39 is 5.54 Å². The Bertz CT molecular complexity index is 565. The van der Waals surface area contributed by atoms with Crippen LogP contribution < -0.4 is 10.1 Å². The van der Waals surface area contributed by atoms with Crippen molar-refractivity contribution in [3.8, 4) is 5.75 Å². The number of benzene rings is 1. The molecule has 1 N–H and O–H groups in total. The lowest BCUT2D eigenvalue weighted by molar-refractivity contribution is -0.130. The van der Waals surface area contributed by atoms with Gasteiger partial charge in [-0.3, -0.25) is 9.69 Å². The highest BCUT2D eigenvalue weighted by atomic mass is 35.5. The molecule has 1 fully saturated rings. The van der Waals surface area contributed by atoms with Gasteiger partial charge >= 0.3 is 6.03 Å². The maximum atomic E-state index is 12.0. The number of nitrogens with one attached hydrogen (secondary N) is 1. The molecule has 0 aromatic heterocycles. The van der Waals surface area contributed by atoms with Crippen LogP contribution in [0.25, 0.3) is 0 Å². The second kappa shape index (κ2) is 7.24. The van der Waals surface area contributed by atoms with Crippen LogP contribution >= 0.6 is 23.4 Å². The van der Waals surface area contributed by atoms with Crippen molar-refractivity contribution >= 4 is 35.3 Å². The normalized spacial score (nSPS) is 16.8. The van der Waals surface area contributed by atoms with Crippen LogP contribution in [-0.4, -0.2) is 47.0 Å². The summed E-state index contributed by atoms with van der Waals surface area (Å²) < 4.78 is 5.57. The first-order valence-electron chi connectivity index (χ1n) is 7.00. The molecule has 1 aromatic carbocycles. The maximum Gasteiger partial charge on any atom is 0.325 e. The standard InChI is InChI=1S/C15H19ClN2O3S/c1-15(2)13(19)18(14(20)17-15)6-8-22-9-7-21-12-5-3-4-11(16)10-12/h3-5,10H,6-9H2,1-2H3,(H,17,20). The number of rotatable bonds is 7. The van der Waals surface area contributed by atoms with Gasteiger partial charge in [-0.1, -0.05) is 17.7 Å². The van der Waals surface area contributed by atoms with Gasteiger partial charge in [0.15, 0.2) is 0 Å². The van der Waals surface area contributed by atoms with E-state index in [1.54, 1.807) is 37.7 Å². The molecule has 1 heterocycles. The Morgan fingerprint density at radius 3 is 2.73 bits per heavy atom. The second-order valence-electron chi connectivity index (χ2n) is 5.43. The molecule has 0 bridgehead atoms. The summed E-state index contributed by atoms with van der Waals surface area (Å²) in [5.74, 6) is 2.03. The van der Waals surface area contributed by atoms with Gasteiger partial charge in [-0.05, 0) is 32.0 Å². The van der Waals surface area contributed by atoms with Crippen LogP contribution in [0.5, 0.6) is 5.75 Å². The number of thioether (sulfide) groups is 1. The molecule has 1 aliphatic heterocycles. The highest BCUT2D eigenvalue weighted by Crippen LogP contribution is 2.18. The molecule has 120 valence electrons. The third-order valence-corrected chi connectivity index (χ3v) is 4.36. The average Bonchev–Trinajstić information content (AvgIpc) is 2.64. The van der Waals surface area contributed by atoms with Crippen molar-refractivity contribution in [2.45, 2.75) is 19.4 Å². The molecule has 1 aliphatic rings. The third kappa shape index (κ3) is 4.30. The molecule has 0 unspecified atom stereocenters. The van der Waals surface area contributed by atoms with Gasteiger partial charge in [0.2, 0.25) is 0 Å². The molecule has 22 heavy (non-hydrogen) atoms. The molecule has 7 heteroatoms. The van der Waals surface area contributed by atoms with Crippen molar-refractivity contribution in [2.75, 3.05) is 24.7 Å². The van der Waals surface area contributed by atoms with Crippen molar-refractivity contribution in [3.63, 3.8) is 0 Å². The maximum absolute atomic E-state index is 12.0. The molecule has 1 saturated heterocycles. The highest BCUT2D eigenvalue weighted by molar-refractivity contribution is 7.99. The molecule has 0 radical (unpaired) electrons. The van der Waals surface area contributed by atoms with E-state index in [0.29, 0.717) is 23.9 Å². The van der Waals surface area contributed by atoms with Crippen molar-refractivity contribution in [2.24, 2.45) is 0 Å². The Labute approximate surface area is 139 Å². The van der Waals surface area contributed by atoms with Gasteiger partial charge in [-0.25, -0.2) is 4.79 Å². The van der Waals surface area contributed by atoms with Gasteiger partial charge in [-0.15, -0.1) is 0 Å². The van der Waals surface area contributed by atoms with Gasteiger partial charge in [0.1, 0.15) is 11.3 Å². The largest absolute Gasteiger partial charge is 0.493 e. The van der Waals surface area contributed by atoms with E-state index in [1.165, 1.54) is 4.90 Å². The zero-order valence-corrected chi connectivity index (χ0v) is 14.2. The summed E-state index contributed by atoms with van der Waals surface area (Å²) in [5.41, 5.74) is -0.794. The minimum Gasteiger partial charge on any atom is -0.493 e. The number of hydrogen-bond acceptors (Lipinski definition) is 4. The van der Waals surface area contributed by atoms with Gasteiger partial charge < -0.3 is 10.1 Å².